The van der Waals surface area contributed by atoms with E-state index < -0.39 is 0 Å². The first kappa shape index (κ1) is 26.1. The highest BCUT2D eigenvalue weighted by Gasteiger charge is 2.44. The highest BCUT2D eigenvalue weighted by molar-refractivity contribution is 5.85. The van der Waals surface area contributed by atoms with Crippen molar-refractivity contribution in [1.82, 2.24) is 10.4 Å². The van der Waals surface area contributed by atoms with Crippen molar-refractivity contribution < 1.29 is 19.4 Å². The van der Waals surface area contributed by atoms with Crippen LogP contribution in [0.5, 0.6) is 17.2 Å². The molecule has 8 heteroatoms. The van der Waals surface area contributed by atoms with Crippen LogP contribution in [0.1, 0.15) is 46.1 Å². The van der Waals surface area contributed by atoms with Gasteiger partial charge in [-0.25, -0.2) is 0 Å². The molecule has 2 N–H and O–H groups in total. The van der Waals surface area contributed by atoms with Gasteiger partial charge in [-0.2, -0.15) is 5.06 Å². The minimum absolute atomic E-state index is 0. The van der Waals surface area contributed by atoms with Gasteiger partial charge in [-0.3, -0.25) is 0 Å². The number of halogens is 2. The second-order valence-electron chi connectivity index (χ2n) is 7.96. The lowest BCUT2D eigenvalue weighted by atomic mass is 9.79. The van der Waals surface area contributed by atoms with Crippen molar-refractivity contribution >= 4 is 24.8 Å². The zero-order chi connectivity index (χ0) is 18.8. The Labute approximate surface area is 175 Å². The van der Waals surface area contributed by atoms with Crippen molar-refractivity contribution in [3.8, 4) is 17.2 Å². The molecule has 1 fully saturated rings. The van der Waals surface area contributed by atoms with E-state index in [1.807, 2.05) is 12.1 Å². The summed E-state index contributed by atoms with van der Waals surface area (Å²) in [6.45, 7) is 8.98. The van der Waals surface area contributed by atoms with Crippen LogP contribution in [-0.2, 0) is 6.54 Å². The van der Waals surface area contributed by atoms with Crippen LogP contribution in [0, 0.1) is 0 Å². The maximum absolute atomic E-state index is 10.4. The first-order valence-electron chi connectivity index (χ1n) is 8.66. The van der Waals surface area contributed by atoms with Crippen molar-refractivity contribution in [2.75, 3.05) is 21.3 Å². The Hall–Kier alpha value is -0.920. The first-order chi connectivity index (χ1) is 11.6. The van der Waals surface area contributed by atoms with E-state index in [2.05, 4.69) is 33.0 Å². The summed E-state index contributed by atoms with van der Waals surface area (Å²) in [5.41, 5.74) is 0.528. The second-order valence-corrected chi connectivity index (χ2v) is 7.96. The van der Waals surface area contributed by atoms with Crippen LogP contribution in [0.25, 0.3) is 0 Å². The van der Waals surface area contributed by atoms with Crippen LogP contribution in [0.4, 0.5) is 0 Å². The van der Waals surface area contributed by atoms with E-state index in [9.17, 15) is 5.21 Å². The van der Waals surface area contributed by atoms with Crippen molar-refractivity contribution in [3.05, 3.63) is 17.7 Å². The SMILES string of the molecule is COc1cc(CNC2CC(C)(C)N(O)C(C)(C)C2)cc(OC)c1OC.Cl.Cl. The molecule has 0 amide bonds. The van der Waals surface area contributed by atoms with Gasteiger partial charge in [-0.15, -0.1) is 24.8 Å². The fraction of sp³-hybridized carbons (Fsp3) is 0.684. The summed E-state index contributed by atoms with van der Waals surface area (Å²) in [7, 11) is 4.85. The molecular weight excluding hydrogens is 391 g/mol. The lowest BCUT2D eigenvalue weighted by Crippen LogP contribution is -2.62. The average Bonchev–Trinajstić information content (AvgIpc) is 2.56. The molecule has 1 aliphatic rings. The predicted octanol–water partition coefficient (Wildman–Crippen LogP) is 4.06. The topological polar surface area (TPSA) is 63.2 Å². The minimum Gasteiger partial charge on any atom is -0.493 e. The molecule has 0 saturated carbocycles. The Bertz CT molecular complexity index is 568. The minimum atomic E-state index is -0.269. The van der Waals surface area contributed by atoms with Gasteiger partial charge in [0.25, 0.3) is 0 Å². The normalized spacial score (nSPS) is 18.8. The fourth-order valence-electron chi connectivity index (χ4n) is 3.91. The number of methoxy groups -OCH3 is 3. The monoisotopic (exact) mass is 424 g/mol. The predicted molar refractivity (Wildman–Crippen MR) is 112 cm³/mol. The summed E-state index contributed by atoms with van der Waals surface area (Å²) in [6, 6.07) is 4.24. The molecule has 0 unspecified atom stereocenters. The quantitative estimate of drug-likeness (QED) is 0.717. The van der Waals surface area contributed by atoms with Crippen LogP contribution in [0.2, 0.25) is 0 Å². The van der Waals surface area contributed by atoms with Crippen LogP contribution in [0.15, 0.2) is 12.1 Å². The number of hydrogen-bond acceptors (Lipinski definition) is 6. The van der Waals surface area contributed by atoms with Crippen LogP contribution >= 0.6 is 24.8 Å². The highest BCUT2D eigenvalue weighted by atomic mass is 35.5. The standard InChI is InChI=1S/C19H32N2O4.2ClH/c1-18(2)10-14(11-19(3,4)21(18)22)20-12-13-8-15(23-5)17(25-7)16(9-13)24-6;;/h8-9,14,20,22H,10-12H2,1-7H3;2*1H. The van der Waals surface area contributed by atoms with E-state index in [4.69, 9.17) is 14.2 Å². The molecule has 0 aliphatic carbocycles. The van der Waals surface area contributed by atoms with Crippen molar-refractivity contribution in [2.24, 2.45) is 0 Å². The number of hydroxylamine groups is 2. The molecule has 0 bridgehead atoms. The van der Waals surface area contributed by atoms with E-state index in [0.717, 1.165) is 18.4 Å². The maximum atomic E-state index is 10.4. The van der Waals surface area contributed by atoms with Crippen LogP contribution < -0.4 is 19.5 Å². The number of nitrogens with one attached hydrogen (secondary N) is 1. The zero-order valence-corrected chi connectivity index (χ0v) is 18.9. The second kappa shape index (κ2) is 10.0. The van der Waals surface area contributed by atoms with Gasteiger partial charge in [-0.1, -0.05) is 0 Å². The van der Waals surface area contributed by atoms with Crippen molar-refractivity contribution in [2.45, 2.75) is 64.2 Å². The number of benzene rings is 1. The summed E-state index contributed by atoms with van der Waals surface area (Å²) < 4.78 is 16.2. The van der Waals surface area contributed by atoms with E-state index in [1.165, 1.54) is 5.06 Å². The summed E-state index contributed by atoms with van der Waals surface area (Å²) in [5, 5.41) is 15.5. The molecule has 6 nitrogen and oxygen atoms in total. The van der Waals surface area contributed by atoms with Gasteiger partial charge in [-0.05, 0) is 58.2 Å². The molecule has 1 aromatic rings. The molecule has 27 heavy (non-hydrogen) atoms. The number of nitrogens with zero attached hydrogens (tertiary/aromatic N) is 1. The van der Waals surface area contributed by atoms with E-state index >= 15 is 0 Å². The summed E-state index contributed by atoms with van der Waals surface area (Å²) in [6.07, 6.45) is 1.74. The number of piperidine rings is 1. The molecule has 1 aliphatic heterocycles. The van der Waals surface area contributed by atoms with Gasteiger partial charge in [0.15, 0.2) is 11.5 Å². The molecule has 158 valence electrons. The Kier molecular flexibility index (Phi) is 9.69. The summed E-state index contributed by atoms with van der Waals surface area (Å²) in [5.74, 6) is 1.92. The van der Waals surface area contributed by atoms with E-state index in [1.54, 1.807) is 21.3 Å². The molecule has 2 rings (SSSR count). The average molecular weight is 425 g/mol. The Morgan fingerprint density at radius 3 is 1.78 bits per heavy atom. The Morgan fingerprint density at radius 2 is 1.41 bits per heavy atom. The van der Waals surface area contributed by atoms with Crippen molar-refractivity contribution in [3.63, 3.8) is 0 Å². The molecule has 1 heterocycles. The molecule has 1 saturated heterocycles. The highest BCUT2D eigenvalue weighted by Crippen LogP contribution is 2.39. The Morgan fingerprint density at radius 1 is 0.963 bits per heavy atom. The van der Waals surface area contributed by atoms with Crippen LogP contribution in [0.3, 0.4) is 0 Å². The summed E-state index contributed by atoms with van der Waals surface area (Å²) in [4.78, 5) is 0. The third kappa shape index (κ3) is 5.78. The number of rotatable bonds is 6. The zero-order valence-electron chi connectivity index (χ0n) is 17.3. The largest absolute Gasteiger partial charge is 0.493 e. The summed E-state index contributed by atoms with van der Waals surface area (Å²) >= 11 is 0. The fourth-order valence-corrected chi connectivity index (χ4v) is 3.91. The molecule has 0 radical (unpaired) electrons. The molecule has 0 atom stereocenters. The Balaban J connectivity index is 0.00000338. The van der Waals surface area contributed by atoms with E-state index in [0.29, 0.717) is 29.8 Å². The molecule has 0 spiro atoms. The number of ether oxygens (including phenoxy) is 3. The molecular formula is C19H34Cl2N2O4. The maximum Gasteiger partial charge on any atom is 0.203 e. The van der Waals surface area contributed by atoms with Gasteiger partial charge in [0.2, 0.25) is 5.75 Å². The third-order valence-electron chi connectivity index (χ3n) is 4.96. The van der Waals surface area contributed by atoms with Gasteiger partial charge in [0, 0.05) is 23.7 Å². The van der Waals surface area contributed by atoms with Crippen LogP contribution in [-0.4, -0.2) is 48.7 Å². The lowest BCUT2D eigenvalue weighted by molar-refractivity contribution is -0.246. The van der Waals surface area contributed by atoms with Gasteiger partial charge in [0.1, 0.15) is 0 Å². The lowest BCUT2D eigenvalue weighted by Gasteiger charge is -2.51. The van der Waals surface area contributed by atoms with Gasteiger partial charge >= 0.3 is 0 Å². The molecule has 1 aromatic carbocycles. The van der Waals surface area contributed by atoms with E-state index in [-0.39, 0.29) is 35.9 Å². The van der Waals surface area contributed by atoms with Gasteiger partial charge < -0.3 is 24.7 Å². The van der Waals surface area contributed by atoms with Gasteiger partial charge in [0.05, 0.1) is 21.3 Å². The third-order valence-corrected chi connectivity index (χ3v) is 4.96. The smallest absolute Gasteiger partial charge is 0.203 e. The van der Waals surface area contributed by atoms with Crippen molar-refractivity contribution in [1.29, 1.82) is 0 Å². The number of hydrogen-bond donors (Lipinski definition) is 2. The first-order valence-corrected chi connectivity index (χ1v) is 8.66. The molecule has 0 aromatic heterocycles.